The predicted molar refractivity (Wildman–Crippen MR) is 95.0 cm³/mol. The molecule has 1 aliphatic heterocycles. The van der Waals surface area contributed by atoms with Crippen LogP contribution in [0.4, 0.5) is 14.5 Å². The molecule has 2 aromatic carbocycles. The maximum absolute atomic E-state index is 13.9. The quantitative estimate of drug-likeness (QED) is 0.464. The molecule has 8 nitrogen and oxygen atoms in total. The minimum atomic E-state index is -1.15. The van der Waals surface area contributed by atoms with Crippen molar-refractivity contribution in [1.82, 2.24) is 4.90 Å². The highest BCUT2D eigenvalue weighted by Crippen LogP contribution is 2.24. The van der Waals surface area contributed by atoms with Gasteiger partial charge in [-0.15, -0.1) is 0 Å². The lowest BCUT2D eigenvalue weighted by Gasteiger charge is -2.32. The molecule has 1 saturated heterocycles. The van der Waals surface area contributed by atoms with Gasteiger partial charge in [-0.05, 0) is 25.0 Å². The molecule has 1 aliphatic rings. The second-order valence-corrected chi connectivity index (χ2v) is 6.53. The average Bonchev–Trinajstić information content (AvgIpc) is 2.66. The number of nitrogens with zero attached hydrogens (tertiary/aromatic N) is 2. The van der Waals surface area contributed by atoms with E-state index < -0.39 is 46.0 Å². The molecule has 2 aromatic rings. The minimum Gasteiger partial charge on any atom is -0.508 e. The first-order chi connectivity index (χ1) is 13.7. The number of carbonyl (C=O) groups is 2. The Labute approximate surface area is 163 Å². The van der Waals surface area contributed by atoms with Crippen molar-refractivity contribution in [1.29, 1.82) is 0 Å². The van der Waals surface area contributed by atoms with E-state index in [-0.39, 0.29) is 24.1 Å². The maximum atomic E-state index is 13.9. The van der Waals surface area contributed by atoms with Gasteiger partial charge in [0.05, 0.1) is 16.6 Å². The number of non-ortho nitro benzene ring substituents is 1. The van der Waals surface area contributed by atoms with E-state index in [0.717, 1.165) is 30.3 Å². The summed E-state index contributed by atoms with van der Waals surface area (Å²) >= 11 is 0. The first-order valence-electron chi connectivity index (χ1n) is 8.67. The Morgan fingerprint density at radius 2 is 2.03 bits per heavy atom. The van der Waals surface area contributed by atoms with Crippen molar-refractivity contribution in [3.05, 3.63) is 69.3 Å². The van der Waals surface area contributed by atoms with Gasteiger partial charge < -0.3 is 14.7 Å². The normalized spacial score (nSPS) is 16.6. The Balaban J connectivity index is 1.72. The summed E-state index contributed by atoms with van der Waals surface area (Å²) in [5, 5.41) is 20.4. The second-order valence-electron chi connectivity index (χ2n) is 6.53. The largest absolute Gasteiger partial charge is 0.508 e. The van der Waals surface area contributed by atoms with E-state index in [1.165, 1.54) is 11.0 Å². The Hall–Kier alpha value is -3.56. The molecule has 1 amide bonds. The average molecular weight is 406 g/mol. The van der Waals surface area contributed by atoms with Gasteiger partial charge in [-0.25, -0.2) is 13.6 Å². The van der Waals surface area contributed by atoms with Gasteiger partial charge in [0, 0.05) is 30.8 Å². The Kier molecular flexibility index (Phi) is 5.71. The number of halogens is 2. The van der Waals surface area contributed by atoms with Crippen LogP contribution in [0.2, 0.25) is 0 Å². The molecule has 0 aromatic heterocycles. The number of rotatable bonds is 5. The van der Waals surface area contributed by atoms with Gasteiger partial charge in [-0.3, -0.25) is 14.9 Å². The lowest BCUT2D eigenvalue weighted by atomic mass is 10.1. The number of carbonyl (C=O) groups excluding carboxylic acids is 2. The number of ether oxygens (including phenoxy) is 1. The zero-order valence-electron chi connectivity index (χ0n) is 15.0. The van der Waals surface area contributed by atoms with E-state index in [0.29, 0.717) is 13.0 Å². The highest BCUT2D eigenvalue weighted by molar-refractivity contribution is 5.93. The fraction of sp³-hybridized carbons (Fsp3) is 0.263. The molecule has 3 rings (SSSR count). The van der Waals surface area contributed by atoms with Crippen LogP contribution in [0.15, 0.2) is 36.4 Å². The summed E-state index contributed by atoms with van der Waals surface area (Å²) in [4.78, 5) is 36.3. The van der Waals surface area contributed by atoms with Gasteiger partial charge in [-0.2, -0.15) is 0 Å². The third-order valence-electron chi connectivity index (χ3n) is 4.46. The standard InChI is InChI=1S/C19H16F2N2O6/c20-13-4-3-11(16(21)8-13)10-22-5-1-2-17(18(22)25)29-19(26)12-6-14(23(27)28)9-15(24)7-12/h3-4,6-9,17,24H,1-2,5,10H2. The molecular weight excluding hydrogens is 390 g/mol. The van der Waals surface area contributed by atoms with Crippen LogP contribution < -0.4 is 0 Å². The summed E-state index contributed by atoms with van der Waals surface area (Å²) in [5.74, 6) is -3.57. The predicted octanol–water partition coefficient (Wildman–Crippen LogP) is 2.93. The van der Waals surface area contributed by atoms with Gasteiger partial charge >= 0.3 is 5.97 Å². The van der Waals surface area contributed by atoms with Gasteiger partial charge in [0.2, 0.25) is 0 Å². The van der Waals surface area contributed by atoms with E-state index in [1.807, 2.05) is 0 Å². The van der Waals surface area contributed by atoms with E-state index >= 15 is 0 Å². The molecule has 1 heterocycles. The molecule has 0 spiro atoms. The zero-order chi connectivity index (χ0) is 21.1. The van der Waals surface area contributed by atoms with Crippen LogP contribution in [0.25, 0.3) is 0 Å². The molecule has 0 bridgehead atoms. The molecule has 1 fully saturated rings. The second kappa shape index (κ2) is 8.21. The first kappa shape index (κ1) is 20.2. The van der Waals surface area contributed by atoms with Crippen molar-refractivity contribution >= 4 is 17.6 Å². The van der Waals surface area contributed by atoms with Crippen LogP contribution in [-0.2, 0) is 16.1 Å². The topological polar surface area (TPSA) is 110 Å². The summed E-state index contributed by atoms with van der Waals surface area (Å²) in [6, 6.07) is 5.84. The number of likely N-dealkylation sites (tertiary alicyclic amines) is 1. The minimum absolute atomic E-state index is 0.114. The third-order valence-corrected chi connectivity index (χ3v) is 4.46. The van der Waals surface area contributed by atoms with Gasteiger partial charge in [0.15, 0.2) is 6.10 Å². The molecule has 0 saturated carbocycles. The van der Waals surface area contributed by atoms with Crippen molar-refractivity contribution < 1.29 is 33.1 Å². The lowest BCUT2D eigenvalue weighted by molar-refractivity contribution is -0.385. The number of amides is 1. The number of esters is 1. The molecule has 10 heteroatoms. The smallest absolute Gasteiger partial charge is 0.339 e. The highest BCUT2D eigenvalue weighted by Gasteiger charge is 2.32. The summed E-state index contributed by atoms with van der Waals surface area (Å²) in [6.07, 6.45) is -0.443. The number of nitro groups is 1. The number of phenols is 1. The van der Waals surface area contributed by atoms with E-state index in [1.54, 1.807) is 0 Å². The van der Waals surface area contributed by atoms with E-state index in [4.69, 9.17) is 4.74 Å². The van der Waals surface area contributed by atoms with Crippen LogP contribution in [0.3, 0.4) is 0 Å². The van der Waals surface area contributed by atoms with Crippen molar-refractivity contribution in [3.8, 4) is 5.75 Å². The number of nitro benzene ring substituents is 1. The van der Waals surface area contributed by atoms with Crippen LogP contribution in [-0.4, -0.2) is 39.5 Å². The molecule has 0 aliphatic carbocycles. The third kappa shape index (κ3) is 4.65. The number of hydrogen-bond donors (Lipinski definition) is 1. The van der Waals surface area contributed by atoms with Crippen molar-refractivity contribution in [3.63, 3.8) is 0 Å². The fourth-order valence-electron chi connectivity index (χ4n) is 3.04. The van der Waals surface area contributed by atoms with Crippen molar-refractivity contribution in [2.24, 2.45) is 0 Å². The molecule has 152 valence electrons. The first-order valence-corrected chi connectivity index (χ1v) is 8.67. The Morgan fingerprint density at radius 3 is 2.72 bits per heavy atom. The van der Waals surface area contributed by atoms with Crippen LogP contribution >= 0.6 is 0 Å². The Morgan fingerprint density at radius 1 is 1.28 bits per heavy atom. The van der Waals surface area contributed by atoms with Gasteiger partial charge in [-0.1, -0.05) is 6.07 Å². The van der Waals surface area contributed by atoms with Crippen LogP contribution in [0.5, 0.6) is 5.75 Å². The zero-order valence-corrected chi connectivity index (χ0v) is 15.0. The number of phenolic OH excluding ortho intramolecular Hbond substituents is 1. The Bertz CT molecular complexity index is 981. The number of aromatic hydroxyl groups is 1. The number of hydrogen-bond acceptors (Lipinski definition) is 6. The van der Waals surface area contributed by atoms with Gasteiger partial charge in [0.25, 0.3) is 11.6 Å². The summed E-state index contributed by atoms with van der Waals surface area (Å²) < 4.78 is 32.1. The molecule has 1 N–H and O–H groups in total. The molecule has 1 unspecified atom stereocenters. The molecule has 1 atom stereocenters. The highest BCUT2D eigenvalue weighted by atomic mass is 19.1. The van der Waals surface area contributed by atoms with Crippen LogP contribution in [0.1, 0.15) is 28.8 Å². The maximum Gasteiger partial charge on any atom is 0.339 e. The number of benzene rings is 2. The fourth-order valence-corrected chi connectivity index (χ4v) is 3.04. The summed E-state index contributed by atoms with van der Waals surface area (Å²) in [7, 11) is 0. The van der Waals surface area contributed by atoms with Crippen molar-refractivity contribution in [2.45, 2.75) is 25.5 Å². The van der Waals surface area contributed by atoms with Gasteiger partial charge in [0.1, 0.15) is 17.4 Å². The van der Waals surface area contributed by atoms with Crippen molar-refractivity contribution in [2.75, 3.05) is 6.54 Å². The number of piperidine rings is 1. The molecule has 0 radical (unpaired) electrons. The van der Waals surface area contributed by atoms with E-state index in [9.17, 15) is 33.6 Å². The lowest BCUT2D eigenvalue weighted by Crippen LogP contribution is -2.45. The van der Waals surface area contributed by atoms with Crippen LogP contribution in [0, 0.1) is 21.7 Å². The molecular formula is C19H16F2N2O6. The molecule has 29 heavy (non-hydrogen) atoms. The van der Waals surface area contributed by atoms with E-state index in [2.05, 4.69) is 0 Å². The SMILES string of the molecule is O=C(OC1CCCN(Cc2ccc(F)cc2F)C1=O)c1cc(O)cc([N+](=O)[O-])c1. The summed E-state index contributed by atoms with van der Waals surface area (Å²) in [6.45, 7) is 0.192. The summed E-state index contributed by atoms with van der Waals surface area (Å²) in [5.41, 5.74) is -0.651. The monoisotopic (exact) mass is 406 g/mol.